The molecule has 1 fully saturated rings. The molecule has 4 N–H and O–H groups in total. The first-order valence-corrected chi connectivity index (χ1v) is 8.95. The molecule has 1 aliphatic heterocycles. The van der Waals surface area contributed by atoms with Crippen LogP contribution in [0.5, 0.6) is 0 Å². The van der Waals surface area contributed by atoms with E-state index in [1.165, 1.54) is 0 Å². The van der Waals surface area contributed by atoms with Gasteiger partial charge in [-0.05, 0) is 24.6 Å². The van der Waals surface area contributed by atoms with Gasteiger partial charge in [0.05, 0.1) is 11.1 Å². The van der Waals surface area contributed by atoms with E-state index in [2.05, 4.69) is 10.3 Å². The van der Waals surface area contributed by atoms with Crippen molar-refractivity contribution in [1.82, 2.24) is 9.88 Å². The molecule has 0 bridgehead atoms. The number of H-pyrrole nitrogens is 1. The third-order valence-electron chi connectivity index (χ3n) is 4.96. The van der Waals surface area contributed by atoms with Crippen LogP contribution in [0.2, 0.25) is 0 Å². The number of aromatic nitrogens is 1. The summed E-state index contributed by atoms with van der Waals surface area (Å²) >= 11 is 0. The Balaban J connectivity index is 1.53. The summed E-state index contributed by atoms with van der Waals surface area (Å²) in [5, 5.41) is 4.73. The maximum Gasteiger partial charge on any atom is 0.250 e. The maximum absolute atomic E-state index is 12.2. The lowest BCUT2D eigenvalue weighted by atomic mass is 10.1. The Morgan fingerprint density at radius 2 is 2.04 bits per heavy atom. The smallest absolute Gasteiger partial charge is 0.250 e. The van der Waals surface area contributed by atoms with Crippen molar-refractivity contribution in [2.75, 3.05) is 18.4 Å². The van der Waals surface area contributed by atoms with Crippen molar-refractivity contribution in [3.05, 3.63) is 42.0 Å². The number of anilines is 1. The van der Waals surface area contributed by atoms with Gasteiger partial charge >= 0.3 is 0 Å². The number of hydrogen-bond donors (Lipinski definition) is 3. The average molecular weight is 364 g/mol. The van der Waals surface area contributed by atoms with Crippen molar-refractivity contribution in [1.29, 1.82) is 0 Å². The number of para-hydroxylation sites is 1. The van der Waals surface area contributed by atoms with Gasteiger partial charge in [0.25, 0.3) is 5.91 Å². The molecule has 0 radical (unpaired) electrons. The quantitative estimate of drug-likeness (QED) is 0.647. The van der Waals surface area contributed by atoms with Crippen molar-refractivity contribution in [2.45, 2.75) is 19.3 Å². The third kappa shape index (κ3) is 3.23. The number of aromatic amines is 1. The topological polar surface area (TPSA) is 108 Å². The zero-order valence-electron chi connectivity index (χ0n) is 14.7. The lowest BCUT2D eigenvalue weighted by Crippen LogP contribution is -2.28. The van der Waals surface area contributed by atoms with Crippen molar-refractivity contribution >= 4 is 45.2 Å². The number of primary amides is 1. The summed E-state index contributed by atoms with van der Waals surface area (Å²) in [4.78, 5) is 40.4. The van der Waals surface area contributed by atoms with Crippen LogP contribution in [0.3, 0.4) is 0 Å². The molecular weight excluding hydrogens is 344 g/mol. The van der Waals surface area contributed by atoms with E-state index in [0.29, 0.717) is 29.7 Å². The van der Waals surface area contributed by atoms with E-state index in [1.54, 1.807) is 17.0 Å². The molecule has 1 aliphatic rings. The molecule has 3 amide bonds. The lowest BCUT2D eigenvalue weighted by molar-refractivity contribution is -0.128. The number of carbonyl (C=O) groups is 3. The normalized spacial score (nSPS) is 14.2. The van der Waals surface area contributed by atoms with Crippen LogP contribution >= 0.6 is 0 Å². The Morgan fingerprint density at radius 1 is 1.19 bits per heavy atom. The Labute approximate surface area is 155 Å². The molecule has 1 aromatic heterocycles. The first-order chi connectivity index (χ1) is 13.0. The minimum absolute atomic E-state index is 0.118. The van der Waals surface area contributed by atoms with E-state index in [4.69, 9.17) is 5.73 Å². The molecule has 0 saturated carbocycles. The number of nitrogens with two attached hydrogens (primary N) is 1. The number of rotatable bonds is 5. The van der Waals surface area contributed by atoms with E-state index < -0.39 is 5.91 Å². The highest BCUT2D eigenvalue weighted by atomic mass is 16.2. The number of benzene rings is 2. The van der Waals surface area contributed by atoms with E-state index in [9.17, 15) is 14.4 Å². The summed E-state index contributed by atoms with van der Waals surface area (Å²) in [7, 11) is 0. The van der Waals surface area contributed by atoms with Crippen LogP contribution in [0, 0.1) is 0 Å². The van der Waals surface area contributed by atoms with Crippen LogP contribution in [0.1, 0.15) is 29.6 Å². The lowest BCUT2D eigenvalue weighted by Gasteiger charge is -2.14. The summed E-state index contributed by atoms with van der Waals surface area (Å²) in [6.45, 7) is 1.18. The highest BCUT2D eigenvalue weighted by Gasteiger charge is 2.20. The molecule has 4 rings (SSSR count). The van der Waals surface area contributed by atoms with Crippen molar-refractivity contribution in [2.24, 2.45) is 5.73 Å². The summed E-state index contributed by atoms with van der Waals surface area (Å²) in [6, 6.07) is 11.0. The van der Waals surface area contributed by atoms with Gasteiger partial charge in [-0.15, -0.1) is 0 Å². The third-order valence-corrected chi connectivity index (χ3v) is 4.96. The van der Waals surface area contributed by atoms with Gasteiger partial charge in [-0.2, -0.15) is 0 Å². The standard InChI is InChI=1S/C20H20N4O3/c21-20(27)15-4-1-3-14-13-7-6-12(11-16(13)23-19(14)15)22-17(25)8-10-24-9-2-5-18(24)26/h1,3-4,6-7,11,23H,2,5,8-10H2,(H2,21,27)(H,22,25). The number of carbonyl (C=O) groups excluding carboxylic acids is 3. The maximum atomic E-state index is 12.2. The number of nitrogens with one attached hydrogen (secondary N) is 2. The summed E-state index contributed by atoms with van der Waals surface area (Å²) in [5.74, 6) is -0.507. The SMILES string of the molecule is NC(=O)c1cccc2c1[nH]c1cc(NC(=O)CCN3CCCC3=O)ccc12. The summed E-state index contributed by atoms with van der Waals surface area (Å²) in [5.41, 5.74) is 8.04. The molecule has 1 saturated heterocycles. The Hall–Kier alpha value is -3.35. The van der Waals surface area contributed by atoms with Gasteiger partial charge in [0, 0.05) is 47.9 Å². The van der Waals surface area contributed by atoms with Gasteiger partial charge in [-0.25, -0.2) is 0 Å². The van der Waals surface area contributed by atoms with Crippen LogP contribution in [-0.4, -0.2) is 40.7 Å². The monoisotopic (exact) mass is 364 g/mol. The summed E-state index contributed by atoms with van der Waals surface area (Å²) in [6.07, 6.45) is 1.71. The van der Waals surface area contributed by atoms with Gasteiger partial charge in [-0.1, -0.05) is 18.2 Å². The number of nitrogens with zero attached hydrogens (tertiary/aromatic N) is 1. The average Bonchev–Trinajstić information content (AvgIpc) is 3.22. The Bertz CT molecular complexity index is 1070. The molecule has 0 atom stereocenters. The Morgan fingerprint density at radius 3 is 2.78 bits per heavy atom. The largest absolute Gasteiger partial charge is 0.366 e. The molecule has 3 aromatic rings. The van der Waals surface area contributed by atoms with Gasteiger partial charge in [0.15, 0.2) is 0 Å². The van der Waals surface area contributed by atoms with Crippen molar-refractivity contribution in [3.8, 4) is 0 Å². The second-order valence-electron chi connectivity index (χ2n) is 6.76. The zero-order valence-corrected chi connectivity index (χ0v) is 14.7. The van der Waals surface area contributed by atoms with Gasteiger partial charge in [0.2, 0.25) is 11.8 Å². The highest BCUT2D eigenvalue weighted by molar-refractivity contribution is 6.15. The fraction of sp³-hybridized carbons (Fsp3) is 0.250. The van der Waals surface area contributed by atoms with E-state index in [-0.39, 0.29) is 18.2 Å². The molecular formula is C20H20N4O3. The second-order valence-corrected chi connectivity index (χ2v) is 6.76. The highest BCUT2D eigenvalue weighted by Crippen LogP contribution is 2.29. The minimum atomic E-state index is -0.489. The summed E-state index contributed by atoms with van der Waals surface area (Å²) < 4.78 is 0. The molecule has 0 unspecified atom stereocenters. The number of fused-ring (bicyclic) bond motifs is 3. The van der Waals surface area contributed by atoms with E-state index in [1.807, 2.05) is 24.3 Å². The molecule has 27 heavy (non-hydrogen) atoms. The number of hydrogen-bond acceptors (Lipinski definition) is 3. The predicted octanol–water partition coefficient (Wildman–Crippen LogP) is 2.37. The molecule has 0 aliphatic carbocycles. The fourth-order valence-electron chi connectivity index (χ4n) is 3.61. The van der Waals surface area contributed by atoms with Crippen LogP contribution < -0.4 is 11.1 Å². The zero-order chi connectivity index (χ0) is 19.0. The van der Waals surface area contributed by atoms with Crippen molar-refractivity contribution in [3.63, 3.8) is 0 Å². The second kappa shape index (κ2) is 6.75. The molecule has 7 nitrogen and oxygen atoms in total. The van der Waals surface area contributed by atoms with Crippen LogP contribution in [0.15, 0.2) is 36.4 Å². The number of likely N-dealkylation sites (tertiary alicyclic amines) is 1. The minimum Gasteiger partial charge on any atom is -0.366 e. The van der Waals surface area contributed by atoms with E-state index in [0.717, 1.165) is 29.3 Å². The first kappa shape index (κ1) is 17.1. The van der Waals surface area contributed by atoms with Crippen molar-refractivity contribution < 1.29 is 14.4 Å². The predicted molar refractivity (Wildman–Crippen MR) is 103 cm³/mol. The molecule has 2 aromatic carbocycles. The van der Waals surface area contributed by atoms with Crippen LogP contribution in [0.4, 0.5) is 5.69 Å². The fourth-order valence-corrected chi connectivity index (χ4v) is 3.61. The van der Waals surface area contributed by atoms with Crippen LogP contribution in [0.25, 0.3) is 21.8 Å². The van der Waals surface area contributed by atoms with Crippen LogP contribution in [-0.2, 0) is 9.59 Å². The van der Waals surface area contributed by atoms with Gasteiger partial charge in [-0.3, -0.25) is 14.4 Å². The molecule has 0 spiro atoms. The molecule has 2 heterocycles. The van der Waals surface area contributed by atoms with Gasteiger partial charge < -0.3 is 20.9 Å². The first-order valence-electron chi connectivity index (χ1n) is 8.95. The Kier molecular flexibility index (Phi) is 4.27. The molecule has 138 valence electrons. The number of amides is 3. The van der Waals surface area contributed by atoms with Gasteiger partial charge in [0.1, 0.15) is 0 Å². The van der Waals surface area contributed by atoms with E-state index >= 15 is 0 Å². The molecule has 7 heteroatoms.